The maximum atomic E-state index is 4.75. The molecule has 204 valence electrons. The van der Waals surface area contributed by atoms with E-state index in [2.05, 4.69) is 70.2 Å². The van der Waals surface area contributed by atoms with Crippen molar-refractivity contribution in [3.63, 3.8) is 0 Å². The highest BCUT2D eigenvalue weighted by Crippen LogP contribution is 2.62. The van der Waals surface area contributed by atoms with Gasteiger partial charge in [0.05, 0.1) is 11.7 Å². The Bertz CT molecular complexity index is 1360. The third-order valence-corrected chi connectivity index (χ3v) is 12.0. The first kappa shape index (κ1) is 28.0. The van der Waals surface area contributed by atoms with Gasteiger partial charge in [-0.05, 0) is 67.3 Å². The topological polar surface area (TPSA) is 25.8 Å². The van der Waals surface area contributed by atoms with Crippen LogP contribution in [0.1, 0.15) is 113 Å². The first-order chi connectivity index (χ1) is 18.4. The Labute approximate surface area is 242 Å². The Morgan fingerprint density at radius 2 is 1.37 bits per heavy atom. The summed E-state index contributed by atoms with van der Waals surface area (Å²) in [6, 6.07) is 9.67. The Kier molecular flexibility index (Phi) is 8.76. The molecule has 5 heteroatoms. The van der Waals surface area contributed by atoms with Crippen molar-refractivity contribution < 1.29 is 0 Å². The molecule has 1 aliphatic carbocycles. The summed E-state index contributed by atoms with van der Waals surface area (Å²) in [6.07, 6.45) is 13.1. The Morgan fingerprint density at radius 3 is 2.00 bits per heavy atom. The van der Waals surface area contributed by atoms with E-state index in [-0.39, 0.29) is 5.41 Å². The van der Waals surface area contributed by atoms with Crippen LogP contribution in [0.2, 0.25) is 0 Å². The van der Waals surface area contributed by atoms with E-state index in [9.17, 15) is 0 Å². The van der Waals surface area contributed by atoms with Gasteiger partial charge in [-0.25, -0.2) is 0 Å². The summed E-state index contributed by atoms with van der Waals surface area (Å²) < 4.78 is 9.38. The van der Waals surface area contributed by atoms with Gasteiger partial charge < -0.3 is 0 Å². The monoisotopic (exact) mass is 564 g/mol. The van der Waals surface area contributed by atoms with E-state index in [1.54, 1.807) is 20.9 Å². The minimum Gasteiger partial charge on any atom is -0.173 e. The van der Waals surface area contributed by atoms with Gasteiger partial charge in [-0.15, -0.1) is 22.7 Å². The normalized spacial score (nSPS) is 18.2. The summed E-state index contributed by atoms with van der Waals surface area (Å²) in [7, 11) is 0. The fourth-order valence-electron chi connectivity index (χ4n) is 6.82. The maximum Gasteiger partial charge on any atom is 0.113 e. The number of benzene rings is 1. The number of nitrogens with zero attached hydrogens (tertiary/aromatic N) is 2. The number of aryl methyl sites for hydroxylation is 2. The lowest BCUT2D eigenvalue weighted by Crippen LogP contribution is -2.31. The van der Waals surface area contributed by atoms with E-state index >= 15 is 0 Å². The average Bonchev–Trinajstić information content (AvgIpc) is 3.69. The van der Waals surface area contributed by atoms with Crippen LogP contribution >= 0.6 is 34.4 Å². The van der Waals surface area contributed by atoms with E-state index in [0.717, 1.165) is 22.9 Å². The second kappa shape index (κ2) is 11.9. The molecule has 1 aliphatic rings. The van der Waals surface area contributed by atoms with E-state index in [1.165, 1.54) is 96.8 Å². The predicted molar refractivity (Wildman–Crippen MR) is 170 cm³/mol. The Morgan fingerprint density at radius 1 is 0.763 bits per heavy atom. The molecule has 0 radical (unpaired) electrons. The SMILES string of the molecule is CCCCC(CC)CC1(CC(CC)CCCC)c2cc(C)sc2-c2sc(-c3ccc(C)c4nsnc34)cc21. The van der Waals surface area contributed by atoms with Crippen LogP contribution in [0, 0.1) is 25.7 Å². The number of rotatable bonds is 13. The average molecular weight is 565 g/mol. The molecule has 1 aromatic carbocycles. The van der Waals surface area contributed by atoms with Gasteiger partial charge in [0.25, 0.3) is 0 Å². The van der Waals surface area contributed by atoms with Crippen LogP contribution in [0.5, 0.6) is 0 Å². The molecule has 0 spiro atoms. The van der Waals surface area contributed by atoms with E-state index in [0.29, 0.717) is 0 Å². The van der Waals surface area contributed by atoms with Crippen LogP contribution in [0.25, 0.3) is 31.2 Å². The molecule has 3 heterocycles. The molecule has 0 bridgehead atoms. The highest BCUT2D eigenvalue weighted by atomic mass is 32.1. The van der Waals surface area contributed by atoms with Gasteiger partial charge in [0.2, 0.25) is 0 Å². The number of thiophene rings is 2. The predicted octanol–water partition coefficient (Wildman–Crippen LogP) is 11.6. The molecule has 2 atom stereocenters. The lowest BCUT2D eigenvalue weighted by Gasteiger charge is -2.37. The Balaban J connectivity index is 1.67. The van der Waals surface area contributed by atoms with Gasteiger partial charge in [-0.3, -0.25) is 0 Å². The molecule has 4 aromatic rings. The number of hydrogen-bond acceptors (Lipinski definition) is 5. The molecule has 2 nitrogen and oxygen atoms in total. The quantitative estimate of drug-likeness (QED) is 0.161. The second-order valence-electron chi connectivity index (χ2n) is 11.7. The van der Waals surface area contributed by atoms with Gasteiger partial charge in [-0.1, -0.05) is 91.2 Å². The molecule has 5 rings (SSSR count). The zero-order chi connectivity index (χ0) is 26.9. The number of unbranched alkanes of at least 4 members (excludes halogenated alkanes) is 2. The number of aromatic nitrogens is 2. The third kappa shape index (κ3) is 5.04. The summed E-state index contributed by atoms with van der Waals surface area (Å²) >= 11 is 5.38. The molecule has 2 unspecified atom stereocenters. The zero-order valence-corrected chi connectivity index (χ0v) is 26.6. The fourth-order valence-corrected chi connectivity index (χ4v) is 9.99. The van der Waals surface area contributed by atoms with E-state index < -0.39 is 0 Å². The van der Waals surface area contributed by atoms with E-state index in [1.807, 2.05) is 22.7 Å². The van der Waals surface area contributed by atoms with Crippen LogP contribution < -0.4 is 0 Å². The summed E-state index contributed by atoms with van der Waals surface area (Å²) in [4.78, 5) is 5.94. The molecular weight excluding hydrogens is 521 g/mol. The van der Waals surface area contributed by atoms with Crippen molar-refractivity contribution >= 4 is 45.4 Å². The smallest absolute Gasteiger partial charge is 0.113 e. The fraction of sp³-hybridized carbons (Fsp3) is 0.576. The molecule has 0 saturated heterocycles. The van der Waals surface area contributed by atoms with Crippen molar-refractivity contribution in [3.05, 3.63) is 45.8 Å². The highest BCUT2D eigenvalue weighted by molar-refractivity contribution is 7.24. The number of hydrogen-bond donors (Lipinski definition) is 0. The standard InChI is InChI=1S/C33H44N2S3/c1-7-11-13-23(9-3)19-33(20-24(10-4)14-12-8-2)26-17-22(6)36-31(26)32-27(33)18-28(37-32)25-16-15-21(5)29-30(25)35-38-34-29/h15-18,23-24H,7-14,19-20H2,1-6H3. The van der Waals surface area contributed by atoms with E-state index in [4.69, 9.17) is 4.37 Å². The van der Waals surface area contributed by atoms with Crippen molar-refractivity contribution in [2.75, 3.05) is 0 Å². The largest absolute Gasteiger partial charge is 0.173 e. The van der Waals surface area contributed by atoms with Crippen LogP contribution in [0.3, 0.4) is 0 Å². The first-order valence-electron chi connectivity index (χ1n) is 14.9. The van der Waals surface area contributed by atoms with Crippen LogP contribution in [0.15, 0.2) is 24.3 Å². The lowest BCUT2D eigenvalue weighted by atomic mass is 9.65. The Hall–Kier alpha value is -1.56. The van der Waals surface area contributed by atoms with Crippen LogP contribution in [-0.2, 0) is 5.41 Å². The van der Waals surface area contributed by atoms with Crippen LogP contribution in [0.4, 0.5) is 0 Å². The second-order valence-corrected chi connectivity index (χ2v) is 14.5. The van der Waals surface area contributed by atoms with Gasteiger partial charge in [-0.2, -0.15) is 8.75 Å². The number of fused-ring (bicyclic) bond motifs is 4. The lowest BCUT2D eigenvalue weighted by molar-refractivity contribution is 0.266. The molecule has 3 aromatic heterocycles. The summed E-state index contributed by atoms with van der Waals surface area (Å²) in [5, 5.41) is 0. The van der Waals surface area contributed by atoms with Crippen molar-refractivity contribution in [3.8, 4) is 20.2 Å². The highest BCUT2D eigenvalue weighted by Gasteiger charge is 2.47. The maximum absolute atomic E-state index is 4.75. The third-order valence-electron chi connectivity index (χ3n) is 9.07. The van der Waals surface area contributed by atoms with Gasteiger partial charge in [0, 0.05) is 30.5 Å². The molecule has 0 N–H and O–H groups in total. The van der Waals surface area contributed by atoms with Gasteiger partial charge in [0.1, 0.15) is 11.0 Å². The molecule has 38 heavy (non-hydrogen) atoms. The minimum absolute atomic E-state index is 0.136. The summed E-state index contributed by atoms with van der Waals surface area (Å²) in [6.45, 7) is 14.0. The summed E-state index contributed by atoms with van der Waals surface area (Å²) in [5.74, 6) is 1.55. The van der Waals surface area contributed by atoms with Crippen molar-refractivity contribution in [1.29, 1.82) is 0 Å². The molecular formula is C33H44N2S3. The molecule has 0 saturated carbocycles. The van der Waals surface area contributed by atoms with Crippen LogP contribution in [-0.4, -0.2) is 8.75 Å². The molecule has 0 amide bonds. The van der Waals surface area contributed by atoms with Gasteiger partial charge >= 0.3 is 0 Å². The van der Waals surface area contributed by atoms with Crippen molar-refractivity contribution in [1.82, 2.24) is 8.75 Å². The molecule has 0 fully saturated rings. The molecule has 0 aliphatic heterocycles. The van der Waals surface area contributed by atoms with Gasteiger partial charge in [0.15, 0.2) is 0 Å². The van der Waals surface area contributed by atoms with Crippen molar-refractivity contribution in [2.45, 2.75) is 111 Å². The zero-order valence-electron chi connectivity index (χ0n) is 24.2. The minimum atomic E-state index is 0.136. The summed E-state index contributed by atoms with van der Waals surface area (Å²) in [5.41, 5.74) is 8.04. The van der Waals surface area contributed by atoms with Crippen molar-refractivity contribution in [2.24, 2.45) is 11.8 Å². The first-order valence-corrected chi connectivity index (χ1v) is 17.3.